The van der Waals surface area contributed by atoms with E-state index in [-0.39, 0.29) is 11.6 Å². The molecular weight excluding hydrogens is 448 g/mol. The van der Waals surface area contributed by atoms with Crippen LogP contribution < -0.4 is 29.6 Å². The number of carbonyl (C=O) groups excluding carboxylic acids is 2. The molecule has 0 aliphatic heterocycles. The third kappa shape index (κ3) is 7.82. The van der Waals surface area contributed by atoms with Gasteiger partial charge in [-0.3, -0.25) is 9.59 Å². The molecule has 0 aliphatic carbocycles. The SMILES string of the molecule is COc1ccc(/C=C(\NC(C)=O)C(=O)Nc2ccc(OCCOc3ccccc3)cc2)cc1OC. The van der Waals surface area contributed by atoms with Crippen LogP contribution in [0.1, 0.15) is 12.5 Å². The minimum atomic E-state index is -0.472. The summed E-state index contributed by atoms with van der Waals surface area (Å²) in [7, 11) is 3.06. The van der Waals surface area contributed by atoms with Gasteiger partial charge < -0.3 is 29.6 Å². The zero-order valence-electron chi connectivity index (χ0n) is 19.9. The first-order valence-electron chi connectivity index (χ1n) is 10.9. The summed E-state index contributed by atoms with van der Waals surface area (Å²) in [5, 5.41) is 5.35. The van der Waals surface area contributed by atoms with Crippen molar-refractivity contribution in [1.29, 1.82) is 0 Å². The summed E-state index contributed by atoms with van der Waals surface area (Å²) in [6.45, 7) is 2.12. The van der Waals surface area contributed by atoms with Crippen LogP contribution in [0.3, 0.4) is 0 Å². The second kappa shape index (κ2) is 12.7. The molecule has 3 aromatic rings. The molecule has 0 heterocycles. The minimum Gasteiger partial charge on any atom is -0.493 e. The molecule has 35 heavy (non-hydrogen) atoms. The Hall–Kier alpha value is -4.46. The number of rotatable bonds is 11. The third-order valence-electron chi connectivity index (χ3n) is 4.75. The highest BCUT2D eigenvalue weighted by Gasteiger charge is 2.13. The summed E-state index contributed by atoms with van der Waals surface area (Å²) in [5.41, 5.74) is 1.29. The lowest BCUT2D eigenvalue weighted by molar-refractivity contribution is -0.120. The molecular formula is C27H28N2O6. The number of amides is 2. The summed E-state index contributed by atoms with van der Waals surface area (Å²) in [5.74, 6) is 1.65. The van der Waals surface area contributed by atoms with Gasteiger partial charge in [0.25, 0.3) is 5.91 Å². The van der Waals surface area contributed by atoms with Crippen LogP contribution in [0, 0.1) is 0 Å². The van der Waals surface area contributed by atoms with Crippen molar-refractivity contribution in [2.75, 3.05) is 32.8 Å². The molecule has 0 bridgehead atoms. The van der Waals surface area contributed by atoms with Crippen LogP contribution in [-0.4, -0.2) is 39.2 Å². The Morgan fingerprint density at radius 3 is 2.03 bits per heavy atom. The van der Waals surface area contributed by atoms with Gasteiger partial charge in [-0.25, -0.2) is 0 Å². The van der Waals surface area contributed by atoms with E-state index >= 15 is 0 Å². The summed E-state index contributed by atoms with van der Waals surface area (Å²) < 4.78 is 21.8. The second-order valence-corrected chi connectivity index (χ2v) is 7.34. The third-order valence-corrected chi connectivity index (χ3v) is 4.75. The number of methoxy groups -OCH3 is 2. The molecule has 182 valence electrons. The van der Waals surface area contributed by atoms with Gasteiger partial charge in [0.05, 0.1) is 14.2 Å². The minimum absolute atomic E-state index is 0.0862. The Bertz CT molecular complexity index is 1160. The van der Waals surface area contributed by atoms with Crippen molar-refractivity contribution in [2.24, 2.45) is 0 Å². The maximum absolute atomic E-state index is 12.9. The average Bonchev–Trinajstić information content (AvgIpc) is 2.87. The number of benzene rings is 3. The summed E-state index contributed by atoms with van der Waals surface area (Å²) >= 11 is 0. The highest BCUT2D eigenvalue weighted by atomic mass is 16.5. The number of hydrogen-bond acceptors (Lipinski definition) is 6. The molecule has 0 radical (unpaired) electrons. The molecule has 0 unspecified atom stereocenters. The first-order chi connectivity index (χ1) is 17.0. The molecule has 3 rings (SSSR count). The Balaban J connectivity index is 1.61. The zero-order chi connectivity index (χ0) is 25.0. The summed E-state index contributed by atoms with van der Waals surface area (Å²) in [6.07, 6.45) is 1.56. The van der Waals surface area contributed by atoms with Gasteiger partial charge in [0, 0.05) is 12.6 Å². The molecule has 0 fully saturated rings. The summed E-state index contributed by atoms with van der Waals surface area (Å²) in [4.78, 5) is 24.5. The number of carbonyl (C=O) groups is 2. The maximum atomic E-state index is 12.9. The van der Waals surface area contributed by atoms with E-state index in [2.05, 4.69) is 10.6 Å². The van der Waals surface area contributed by atoms with Gasteiger partial charge in [0.1, 0.15) is 30.4 Å². The molecule has 0 saturated heterocycles. The van der Waals surface area contributed by atoms with Crippen molar-refractivity contribution in [1.82, 2.24) is 5.32 Å². The van der Waals surface area contributed by atoms with Crippen molar-refractivity contribution in [3.8, 4) is 23.0 Å². The number of anilines is 1. The second-order valence-electron chi connectivity index (χ2n) is 7.34. The quantitative estimate of drug-likeness (QED) is 0.317. The normalized spacial score (nSPS) is 10.8. The summed E-state index contributed by atoms with van der Waals surface area (Å²) in [6, 6.07) is 21.6. The lowest BCUT2D eigenvalue weighted by atomic mass is 10.1. The molecule has 0 saturated carbocycles. The topological polar surface area (TPSA) is 95.1 Å². The number of ether oxygens (including phenoxy) is 4. The van der Waals surface area contributed by atoms with E-state index in [0.717, 1.165) is 5.75 Å². The number of hydrogen-bond donors (Lipinski definition) is 2. The van der Waals surface area contributed by atoms with E-state index in [4.69, 9.17) is 18.9 Å². The van der Waals surface area contributed by atoms with Crippen LogP contribution in [0.15, 0.2) is 78.5 Å². The lowest BCUT2D eigenvalue weighted by Gasteiger charge is -2.12. The molecule has 0 atom stereocenters. The Kier molecular flexibility index (Phi) is 9.13. The molecule has 8 nitrogen and oxygen atoms in total. The van der Waals surface area contributed by atoms with Crippen LogP contribution in [0.2, 0.25) is 0 Å². The van der Waals surface area contributed by atoms with Gasteiger partial charge in [-0.05, 0) is 60.2 Å². The van der Waals surface area contributed by atoms with Crippen LogP contribution in [0.4, 0.5) is 5.69 Å². The first-order valence-corrected chi connectivity index (χ1v) is 10.9. The van der Waals surface area contributed by atoms with Gasteiger partial charge in [-0.1, -0.05) is 24.3 Å². The van der Waals surface area contributed by atoms with Gasteiger partial charge in [-0.15, -0.1) is 0 Å². The van der Waals surface area contributed by atoms with E-state index in [1.165, 1.54) is 14.0 Å². The Labute approximate surface area is 204 Å². The van der Waals surface area contributed by atoms with Crippen molar-refractivity contribution >= 4 is 23.6 Å². The predicted octanol–water partition coefficient (Wildman–Crippen LogP) is 4.28. The van der Waals surface area contributed by atoms with Crippen LogP contribution >= 0.6 is 0 Å². The number of para-hydroxylation sites is 1. The molecule has 8 heteroatoms. The standard InChI is InChI=1S/C27H28N2O6/c1-19(30)28-24(17-20-9-14-25(32-2)26(18-20)33-3)27(31)29-21-10-12-23(13-11-21)35-16-15-34-22-7-5-4-6-8-22/h4-14,17-18H,15-16H2,1-3H3,(H,28,30)(H,29,31)/b24-17-. The largest absolute Gasteiger partial charge is 0.493 e. The van der Waals surface area contributed by atoms with Crippen molar-refractivity contribution in [2.45, 2.75) is 6.92 Å². The van der Waals surface area contributed by atoms with Crippen LogP contribution in [0.25, 0.3) is 6.08 Å². The van der Waals surface area contributed by atoms with Gasteiger partial charge in [-0.2, -0.15) is 0 Å². The van der Waals surface area contributed by atoms with E-state index in [1.54, 1.807) is 55.7 Å². The molecule has 3 aromatic carbocycles. The van der Waals surface area contributed by atoms with Crippen LogP contribution in [0.5, 0.6) is 23.0 Å². The lowest BCUT2D eigenvalue weighted by Crippen LogP contribution is -2.28. The van der Waals surface area contributed by atoms with Gasteiger partial charge >= 0.3 is 0 Å². The van der Waals surface area contributed by atoms with E-state index in [9.17, 15) is 9.59 Å². The monoisotopic (exact) mass is 476 g/mol. The van der Waals surface area contributed by atoms with E-state index in [1.807, 2.05) is 30.3 Å². The van der Waals surface area contributed by atoms with E-state index < -0.39 is 5.91 Å². The maximum Gasteiger partial charge on any atom is 0.272 e. The molecule has 2 N–H and O–H groups in total. The van der Waals surface area contributed by atoms with Crippen molar-refractivity contribution in [3.05, 3.63) is 84.1 Å². The Morgan fingerprint density at radius 2 is 1.43 bits per heavy atom. The molecule has 0 spiro atoms. The Morgan fingerprint density at radius 1 is 0.800 bits per heavy atom. The van der Waals surface area contributed by atoms with Crippen LogP contribution in [-0.2, 0) is 9.59 Å². The molecule has 2 amide bonds. The molecule has 0 aliphatic rings. The van der Waals surface area contributed by atoms with Crippen molar-refractivity contribution in [3.63, 3.8) is 0 Å². The van der Waals surface area contributed by atoms with E-state index in [0.29, 0.717) is 41.7 Å². The predicted molar refractivity (Wildman–Crippen MR) is 134 cm³/mol. The molecule has 0 aromatic heterocycles. The highest BCUT2D eigenvalue weighted by molar-refractivity contribution is 6.08. The fraction of sp³-hybridized carbons (Fsp3) is 0.185. The highest BCUT2D eigenvalue weighted by Crippen LogP contribution is 2.28. The fourth-order valence-corrected chi connectivity index (χ4v) is 3.13. The smallest absolute Gasteiger partial charge is 0.272 e. The van der Waals surface area contributed by atoms with Gasteiger partial charge in [0.15, 0.2) is 11.5 Å². The average molecular weight is 477 g/mol. The fourth-order valence-electron chi connectivity index (χ4n) is 3.13. The van der Waals surface area contributed by atoms with Gasteiger partial charge in [0.2, 0.25) is 5.91 Å². The first kappa shape index (κ1) is 25.2. The van der Waals surface area contributed by atoms with Crippen molar-refractivity contribution < 1.29 is 28.5 Å². The zero-order valence-corrected chi connectivity index (χ0v) is 19.9. The number of nitrogens with one attached hydrogen (secondary N) is 2.